The second kappa shape index (κ2) is 6.61. The van der Waals surface area contributed by atoms with Crippen LogP contribution in [0.4, 0.5) is 13.2 Å². The van der Waals surface area contributed by atoms with Crippen molar-refractivity contribution in [3.63, 3.8) is 0 Å². The molecule has 0 spiro atoms. The Morgan fingerprint density at radius 1 is 1.29 bits per heavy atom. The van der Waals surface area contributed by atoms with E-state index in [-0.39, 0.29) is 12.1 Å². The fourth-order valence-electron chi connectivity index (χ4n) is 2.29. The second-order valence-corrected chi connectivity index (χ2v) is 4.95. The summed E-state index contributed by atoms with van der Waals surface area (Å²) in [6.45, 7) is -2.92. The highest BCUT2D eigenvalue weighted by molar-refractivity contribution is 5.94. The highest BCUT2D eigenvalue weighted by atomic mass is 19.3. The van der Waals surface area contributed by atoms with Crippen molar-refractivity contribution in [1.82, 2.24) is 15.5 Å². The maximum Gasteiger partial charge on any atom is 0.387 e. The Hall–Kier alpha value is -3.03. The third-order valence-electron chi connectivity index (χ3n) is 3.42. The lowest BCUT2D eigenvalue weighted by molar-refractivity contribution is -0.0521. The smallest absolute Gasteiger partial charge is 0.387 e. The molecule has 1 aromatic heterocycles. The number of hydrogen-bond acceptors (Lipinski definition) is 3. The van der Waals surface area contributed by atoms with Crippen LogP contribution in [-0.4, -0.2) is 22.7 Å². The number of nitrogens with zero attached hydrogens (tertiary/aromatic N) is 1. The number of fused-ring (bicyclic) bond motifs is 1. The van der Waals surface area contributed by atoms with Crippen LogP contribution in [0, 0.1) is 5.82 Å². The number of rotatable bonds is 5. The van der Waals surface area contributed by atoms with Gasteiger partial charge >= 0.3 is 6.61 Å². The van der Waals surface area contributed by atoms with Crippen molar-refractivity contribution in [2.24, 2.45) is 0 Å². The molecule has 5 nitrogen and oxygen atoms in total. The van der Waals surface area contributed by atoms with E-state index in [0.29, 0.717) is 0 Å². The van der Waals surface area contributed by atoms with Crippen LogP contribution in [-0.2, 0) is 6.54 Å². The Morgan fingerprint density at radius 2 is 2.12 bits per heavy atom. The summed E-state index contributed by atoms with van der Waals surface area (Å²) >= 11 is 0. The van der Waals surface area contributed by atoms with Crippen molar-refractivity contribution in [1.29, 1.82) is 0 Å². The van der Waals surface area contributed by atoms with Crippen molar-refractivity contribution in [3.8, 4) is 5.75 Å². The van der Waals surface area contributed by atoms with E-state index in [1.54, 1.807) is 6.20 Å². The first-order valence-electron chi connectivity index (χ1n) is 6.98. The summed E-state index contributed by atoms with van der Waals surface area (Å²) in [4.78, 5) is 12.1. The number of ether oxygens (including phenoxy) is 1. The number of nitrogens with one attached hydrogen (secondary N) is 2. The molecule has 0 fully saturated rings. The van der Waals surface area contributed by atoms with Gasteiger partial charge in [0, 0.05) is 17.5 Å². The highest BCUT2D eigenvalue weighted by Gasteiger charge is 2.14. The van der Waals surface area contributed by atoms with E-state index in [1.807, 2.05) is 18.2 Å². The summed E-state index contributed by atoms with van der Waals surface area (Å²) in [5, 5.41) is 10.3. The number of benzene rings is 2. The fraction of sp³-hybridized carbons (Fsp3) is 0.125. The summed E-state index contributed by atoms with van der Waals surface area (Å²) in [5.74, 6) is -2.16. The number of carbonyl (C=O) groups is 1. The molecule has 1 amide bonds. The summed E-state index contributed by atoms with van der Waals surface area (Å²) in [6.07, 6.45) is 1.65. The number of carbonyl (C=O) groups excluding carboxylic acids is 1. The molecule has 3 rings (SSSR count). The quantitative estimate of drug-likeness (QED) is 0.752. The van der Waals surface area contributed by atoms with Crippen LogP contribution in [0.3, 0.4) is 0 Å². The first kappa shape index (κ1) is 15.9. The maximum atomic E-state index is 13.6. The number of aromatic nitrogens is 2. The van der Waals surface area contributed by atoms with Crippen molar-refractivity contribution in [3.05, 3.63) is 59.5 Å². The van der Waals surface area contributed by atoms with Crippen LogP contribution >= 0.6 is 0 Å². The van der Waals surface area contributed by atoms with E-state index < -0.39 is 24.1 Å². The summed E-state index contributed by atoms with van der Waals surface area (Å²) in [6, 6.07) is 8.56. The van der Waals surface area contributed by atoms with Gasteiger partial charge in [-0.1, -0.05) is 12.1 Å². The maximum absolute atomic E-state index is 13.6. The van der Waals surface area contributed by atoms with Crippen LogP contribution in [0.15, 0.2) is 42.6 Å². The summed E-state index contributed by atoms with van der Waals surface area (Å²) in [5.41, 5.74) is 1.68. The molecule has 124 valence electrons. The van der Waals surface area contributed by atoms with Crippen LogP contribution in [0.1, 0.15) is 15.9 Å². The highest BCUT2D eigenvalue weighted by Crippen LogP contribution is 2.21. The van der Waals surface area contributed by atoms with Gasteiger partial charge in [0.05, 0.1) is 11.7 Å². The molecule has 2 N–H and O–H groups in total. The van der Waals surface area contributed by atoms with Gasteiger partial charge in [0.1, 0.15) is 0 Å². The first-order chi connectivity index (χ1) is 11.5. The minimum Gasteiger partial charge on any atom is -0.432 e. The average molecular weight is 335 g/mol. The third-order valence-corrected chi connectivity index (χ3v) is 3.42. The van der Waals surface area contributed by atoms with Gasteiger partial charge in [-0.3, -0.25) is 9.89 Å². The zero-order valence-corrected chi connectivity index (χ0v) is 12.2. The molecule has 0 aliphatic rings. The molecule has 0 radical (unpaired) electrons. The third kappa shape index (κ3) is 3.32. The van der Waals surface area contributed by atoms with Crippen molar-refractivity contribution in [2.45, 2.75) is 13.2 Å². The van der Waals surface area contributed by atoms with Crippen LogP contribution < -0.4 is 10.1 Å². The van der Waals surface area contributed by atoms with Gasteiger partial charge in [0.25, 0.3) is 5.91 Å². The molecular formula is C16H12F3N3O2. The predicted octanol–water partition coefficient (Wildman–Crippen LogP) is 3.23. The Kier molecular flexibility index (Phi) is 4.37. The zero-order valence-electron chi connectivity index (χ0n) is 12.2. The second-order valence-electron chi connectivity index (χ2n) is 4.95. The molecule has 0 aliphatic carbocycles. The number of halogens is 3. The molecule has 0 unspecified atom stereocenters. The molecule has 0 aliphatic heterocycles. The van der Waals surface area contributed by atoms with E-state index in [1.165, 1.54) is 6.07 Å². The van der Waals surface area contributed by atoms with E-state index >= 15 is 0 Å². The van der Waals surface area contributed by atoms with Crippen LogP contribution in [0.2, 0.25) is 0 Å². The predicted molar refractivity (Wildman–Crippen MR) is 80.3 cm³/mol. The molecule has 0 saturated carbocycles. The van der Waals surface area contributed by atoms with Crippen molar-refractivity contribution in [2.75, 3.05) is 0 Å². The Labute approximate surface area is 134 Å². The van der Waals surface area contributed by atoms with Gasteiger partial charge in [-0.25, -0.2) is 4.39 Å². The zero-order chi connectivity index (χ0) is 17.1. The molecule has 0 saturated heterocycles. The van der Waals surface area contributed by atoms with Gasteiger partial charge in [-0.2, -0.15) is 13.9 Å². The number of amides is 1. The topological polar surface area (TPSA) is 67.0 Å². The molecule has 24 heavy (non-hydrogen) atoms. The Bertz CT molecular complexity index is 880. The SMILES string of the molecule is O=C(NCc1cccc2[nH]ncc12)c1ccc(OC(F)F)c(F)c1. The minimum atomic E-state index is -3.13. The lowest BCUT2D eigenvalue weighted by atomic mass is 10.1. The Balaban J connectivity index is 1.71. The van der Waals surface area contributed by atoms with Crippen molar-refractivity contribution < 1.29 is 22.7 Å². The standard InChI is InChI=1S/C16H12F3N3O2/c17-12-6-9(4-5-14(12)24-16(18)19)15(23)20-7-10-2-1-3-13-11(10)8-21-22-13/h1-6,8,16H,7H2,(H,20,23)(H,21,22). The first-order valence-corrected chi connectivity index (χ1v) is 6.98. The fourth-order valence-corrected chi connectivity index (χ4v) is 2.29. The van der Waals surface area contributed by atoms with Crippen LogP contribution in [0.5, 0.6) is 5.75 Å². The lowest BCUT2D eigenvalue weighted by Crippen LogP contribution is -2.23. The molecule has 1 heterocycles. The van der Waals surface area contributed by atoms with Gasteiger partial charge in [-0.05, 0) is 29.8 Å². The molecule has 2 aromatic carbocycles. The van der Waals surface area contributed by atoms with Gasteiger partial charge in [0.2, 0.25) is 0 Å². The minimum absolute atomic E-state index is 0.00786. The molecule has 3 aromatic rings. The number of H-pyrrole nitrogens is 1. The van der Waals surface area contributed by atoms with E-state index in [4.69, 9.17) is 0 Å². The monoisotopic (exact) mass is 335 g/mol. The van der Waals surface area contributed by atoms with E-state index in [0.717, 1.165) is 28.6 Å². The summed E-state index contributed by atoms with van der Waals surface area (Å²) < 4.78 is 41.8. The number of aromatic amines is 1. The van der Waals surface area contributed by atoms with E-state index in [2.05, 4.69) is 20.3 Å². The van der Waals surface area contributed by atoms with Gasteiger partial charge < -0.3 is 10.1 Å². The molecule has 0 bridgehead atoms. The van der Waals surface area contributed by atoms with Gasteiger partial charge in [-0.15, -0.1) is 0 Å². The number of hydrogen-bond donors (Lipinski definition) is 2. The van der Waals surface area contributed by atoms with E-state index in [9.17, 15) is 18.0 Å². The lowest BCUT2D eigenvalue weighted by Gasteiger charge is -2.09. The van der Waals surface area contributed by atoms with Gasteiger partial charge in [0.15, 0.2) is 11.6 Å². The van der Waals surface area contributed by atoms with Crippen molar-refractivity contribution >= 4 is 16.8 Å². The van der Waals surface area contributed by atoms with Crippen LogP contribution in [0.25, 0.3) is 10.9 Å². The molecular weight excluding hydrogens is 323 g/mol. The Morgan fingerprint density at radius 3 is 2.88 bits per heavy atom. The largest absolute Gasteiger partial charge is 0.432 e. The summed E-state index contributed by atoms with van der Waals surface area (Å²) in [7, 11) is 0. The average Bonchev–Trinajstić information content (AvgIpc) is 3.03. The molecule has 0 atom stereocenters. The molecule has 8 heteroatoms. The normalized spacial score (nSPS) is 11.0. The number of alkyl halides is 2.